The first kappa shape index (κ1) is 10.8. The summed E-state index contributed by atoms with van der Waals surface area (Å²) in [6, 6.07) is 6.48. The smallest absolute Gasteiger partial charge is 0.146 e. The van der Waals surface area contributed by atoms with Crippen LogP contribution in [-0.4, -0.2) is 19.7 Å². The maximum Gasteiger partial charge on any atom is 0.146 e. The van der Waals surface area contributed by atoms with E-state index in [9.17, 15) is 4.39 Å². The zero-order chi connectivity index (χ0) is 12.5. The second-order valence-electron chi connectivity index (χ2n) is 3.79. The molecule has 0 bridgehead atoms. The summed E-state index contributed by atoms with van der Waals surface area (Å²) in [7, 11) is 0. The Morgan fingerprint density at radius 1 is 1.28 bits per heavy atom. The molecule has 1 aromatic carbocycles. The largest absolute Gasteiger partial charge is 0.324 e. The Balaban J connectivity index is 2.22. The highest BCUT2D eigenvalue weighted by molar-refractivity contribution is 5.80. The van der Waals surface area contributed by atoms with E-state index < -0.39 is 0 Å². The fourth-order valence-corrected chi connectivity index (χ4v) is 1.84. The van der Waals surface area contributed by atoms with Crippen LogP contribution in [0.2, 0.25) is 0 Å². The van der Waals surface area contributed by atoms with Gasteiger partial charge in [0.05, 0.1) is 23.9 Å². The van der Waals surface area contributed by atoms with Crippen LogP contribution in [0.1, 0.15) is 5.82 Å². The Bertz CT molecular complexity index is 707. The Kier molecular flexibility index (Phi) is 2.49. The number of rotatable bonds is 2. The predicted octanol–water partition coefficient (Wildman–Crippen LogP) is 1.41. The van der Waals surface area contributed by atoms with Crippen LogP contribution < -0.4 is 5.73 Å². The van der Waals surface area contributed by atoms with Crippen LogP contribution >= 0.6 is 0 Å². The van der Waals surface area contributed by atoms with Crippen LogP contribution in [0.5, 0.6) is 0 Å². The van der Waals surface area contributed by atoms with Gasteiger partial charge in [-0.25, -0.2) is 14.1 Å². The van der Waals surface area contributed by atoms with Crippen LogP contribution in [0.15, 0.2) is 36.8 Å². The molecule has 0 saturated carbocycles. The highest BCUT2D eigenvalue weighted by atomic mass is 19.1. The summed E-state index contributed by atoms with van der Waals surface area (Å²) in [6.45, 7) is 0.259. The van der Waals surface area contributed by atoms with Crippen molar-refractivity contribution < 1.29 is 4.39 Å². The molecule has 0 fully saturated rings. The SMILES string of the molecule is NCc1ncnn1-c1cnc2cccc(F)c2c1. The number of halogens is 1. The van der Waals surface area contributed by atoms with Crippen molar-refractivity contribution in [1.29, 1.82) is 0 Å². The molecule has 0 saturated heterocycles. The van der Waals surface area contributed by atoms with E-state index in [0.717, 1.165) is 0 Å². The number of nitrogens with zero attached hydrogens (tertiary/aromatic N) is 4. The third kappa shape index (κ3) is 1.63. The Hall–Kier alpha value is -2.34. The quantitative estimate of drug-likeness (QED) is 0.738. The number of hydrogen-bond acceptors (Lipinski definition) is 4. The molecule has 0 aliphatic heterocycles. The third-order valence-electron chi connectivity index (χ3n) is 2.70. The second kappa shape index (κ2) is 4.15. The molecule has 90 valence electrons. The lowest BCUT2D eigenvalue weighted by atomic mass is 10.2. The van der Waals surface area contributed by atoms with Gasteiger partial charge in [-0.1, -0.05) is 6.07 Å². The van der Waals surface area contributed by atoms with Gasteiger partial charge in [0.2, 0.25) is 0 Å². The first-order chi connectivity index (χ1) is 8.79. The van der Waals surface area contributed by atoms with Crippen LogP contribution in [0.3, 0.4) is 0 Å². The second-order valence-corrected chi connectivity index (χ2v) is 3.79. The van der Waals surface area contributed by atoms with E-state index in [1.807, 2.05) is 0 Å². The van der Waals surface area contributed by atoms with Gasteiger partial charge in [-0.2, -0.15) is 5.10 Å². The molecule has 5 nitrogen and oxygen atoms in total. The molecule has 0 radical (unpaired) electrons. The fourth-order valence-electron chi connectivity index (χ4n) is 1.84. The summed E-state index contributed by atoms with van der Waals surface area (Å²) < 4.78 is 15.2. The van der Waals surface area contributed by atoms with Gasteiger partial charge >= 0.3 is 0 Å². The minimum atomic E-state index is -0.309. The van der Waals surface area contributed by atoms with Gasteiger partial charge < -0.3 is 5.73 Å². The van der Waals surface area contributed by atoms with E-state index in [1.165, 1.54) is 12.4 Å². The van der Waals surface area contributed by atoms with Crippen molar-refractivity contribution in [2.45, 2.75) is 6.54 Å². The topological polar surface area (TPSA) is 69.6 Å². The van der Waals surface area contributed by atoms with Gasteiger partial charge in [-0.15, -0.1) is 0 Å². The van der Waals surface area contributed by atoms with Gasteiger partial charge in [0.1, 0.15) is 18.0 Å². The molecule has 0 unspecified atom stereocenters. The number of pyridine rings is 1. The maximum absolute atomic E-state index is 13.7. The van der Waals surface area contributed by atoms with E-state index >= 15 is 0 Å². The van der Waals surface area contributed by atoms with Crippen molar-refractivity contribution in [1.82, 2.24) is 19.7 Å². The normalized spacial score (nSPS) is 11.0. The molecule has 0 aliphatic carbocycles. The van der Waals surface area contributed by atoms with Crippen molar-refractivity contribution in [2.75, 3.05) is 0 Å². The number of nitrogens with two attached hydrogens (primary N) is 1. The number of fused-ring (bicyclic) bond motifs is 1. The Morgan fingerprint density at radius 3 is 3.00 bits per heavy atom. The van der Waals surface area contributed by atoms with Crippen molar-refractivity contribution in [3.05, 3.63) is 48.4 Å². The number of aromatic nitrogens is 4. The molecule has 18 heavy (non-hydrogen) atoms. The molecule has 0 spiro atoms. The minimum absolute atomic E-state index is 0.259. The summed E-state index contributed by atoms with van der Waals surface area (Å²) in [4.78, 5) is 8.22. The van der Waals surface area contributed by atoms with Gasteiger partial charge in [0.25, 0.3) is 0 Å². The first-order valence-corrected chi connectivity index (χ1v) is 5.43. The summed E-state index contributed by atoms with van der Waals surface area (Å²) in [5.74, 6) is 0.295. The molecule has 0 atom stereocenters. The van der Waals surface area contributed by atoms with Crippen LogP contribution in [0.25, 0.3) is 16.6 Å². The van der Waals surface area contributed by atoms with E-state index in [0.29, 0.717) is 22.4 Å². The third-order valence-corrected chi connectivity index (χ3v) is 2.70. The lowest BCUT2D eigenvalue weighted by Crippen LogP contribution is -2.08. The predicted molar refractivity (Wildman–Crippen MR) is 64.5 cm³/mol. The first-order valence-electron chi connectivity index (χ1n) is 5.43. The highest BCUT2D eigenvalue weighted by Crippen LogP contribution is 2.19. The molecule has 6 heteroatoms. The fraction of sp³-hybridized carbons (Fsp3) is 0.0833. The Labute approximate surface area is 102 Å². The minimum Gasteiger partial charge on any atom is -0.324 e. The monoisotopic (exact) mass is 243 g/mol. The molecular formula is C12H10FN5. The summed E-state index contributed by atoms with van der Waals surface area (Å²) in [5, 5.41) is 4.51. The summed E-state index contributed by atoms with van der Waals surface area (Å²) >= 11 is 0. The zero-order valence-corrected chi connectivity index (χ0v) is 9.42. The lowest BCUT2D eigenvalue weighted by molar-refractivity contribution is 0.639. The van der Waals surface area contributed by atoms with E-state index in [-0.39, 0.29) is 12.4 Å². The average molecular weight is 243 g/mol. The molecule has 0 amide bonds. The molecule has 3 aromatic rings. The van der Waals surface area contributed by atoms with E-state index in [2.05, 4.69) is 15.1 Å². The zero-order valence-electron chi connectivity index (χ0n) is 9.42. The van der Waals surface area contributed by atoms with E-state index in [4.69, 9.17) is 5.73 Å². The van der Waals surface area contributed by atoms with Crippen molar-refractivity contribution >= 4 is 10.9 Å². The molecule has 2 aromatic heterocycles. The van der Waals surface area contributed by atoms with Crippen molar-refractivity contribution in [2.24, 2.45) is 5.73 Å². The molecule has 3 rings (SSSR count). The van der Waals surface area contributed by atoms with Gasteiger partial charge in [0, 0.05) is 5.39 Å². The Morgan fingerprint density at radius 2 is 2.17 bits per heavy atom. The summed E-state index contributed by atoms with van der Waals surface area (Å²) in [6.07, 6.45) is 3.03. The number of hydrogen-bond donors (Lipinski definition) is 1. The van der Waals surface area contributed by atoms with Crippen LogP contribution in [0.4, 0.5) is 4.39 Å². The highest BCUT2D eigenvalue weighted by Gasteiger charge is 2.08. The molecule has 2 N–H and O–H groups in total. The summed E-state index contributed by atoms with van der Waals surface area (Å²) in [5.41, 5.74) is 6.81. The standard InChI is InChI=1S/C12H10FN5/c13-10-2-1-3-11-9(10)4-8(6-15-11)18-12(5-14)16-7-17-18/h1-4,6-7H,5,14H2. The van der Waals surface area contributed by atoms with Crippen LogP contribution in [0, 0.1) is 5.82 Å². The van der Waals surface area contributed by atoms with Crippen molar-refractivity contribution in [3.8, 4) is 5.69 Å². The van der Waals surface area contributed by atoms with Gasteiger partial charge in [-0.3, -0.25) is 4.98 Å². The van der Waals surface area contributed by atoms with E-state index in [1.54, 1.807) is 29.1 Å². The number of benzene rings is 1. The molecular weight excluding hydrogens is 233 g/mol. The molecule has 2 heterocycles. The average Bonchev–Trinajstić information content (AvgIpc) is 2.87. The van der Waals surface area contributed by atoms with Crippen molar-refractivity contribution in [3.63, 3.8) is 0 Å². The lowest BCUT2D eigenvalue weighted by Gasteiger charge is -2.05. The van der Waals surface area contributed by atoms with Crippen LogP contribution in [-0.2, 0) is 6.54 Å². The molecule has 0 aliphatic rings. The van der Waals surface area contributed by atoms with Gasteiger partial charge in [-0.05, 0) is 18.2 Å². The maximum atomic E-state index is 13.7. The van der Waals surface area contributed by atoms with Gasteiger partial charge in [0.15, 0.2) is 0 Å².